The van der Waals surface area contributed by atoms with E-state index in [-0.39, 0.29) is 23.8 Å². The van der Waals surface area contributed by atoms with Crippen LogP contribution in [0.15, 0.2) is 48.8 Å². The number of hydrogen-bond donors (Lipinski definition) is 3. The number of carbonyl (C=O) groups excluding carboxylic acids is 2. The predicted molar refractivity (Wildman–Crippen MR) is 105 cm³/mol. The van der Waals surface area contributed by atoms with Crippen molar-refractivity contribution in [1.29, 1.82) is 0 Å². The van der Waals surface area contributed by atoms with Crippen molar-refractivity contribution in [3.63, 3.8) is 0 Å². The summed E-state index contributed by atoms with van der Waals surface area (Å²) >= 11 is 0. The molecule has 2 amide bonds. The Hall–Kier alpha value is -2.73. The lowest BCUT2D eigenvalue weighted by Gasteiger charge is -2.22. The number of hydrogen-bond acceptors (Lipinski definition) is 4. The molecule has 1 saturated carbocycles. The van der Waals surface area contributed by atoms with Crippen molar-refractivity contribution in [3.05, 3.63) is 59.9 Å². The number of pyridine rings is 1. The van der Waals surface area contributed by atoms with E-state index in [1.165, 1.54) is 6.42 Å². The van der Waals surface area contributed by atoms with Gasteiger partial charge in [0.2, 0.25) is 5.91 Å². The summed E-state index contributed by atoms with van der Waals surface area (Å²) in [5.74, 6) is 0.0515. The maximum Gasteiger partial charge on any atom is 0.255 e. The second kappa shape index (κ2) is 9.28. The molecule has 1 aliphatic carbocycles. The highest BCUT2D eigenvalue weighted by Gasteiger charge is 2.21. The van der Waals surface area contributed by atoms with Crippen molar-refractivity contribution in [2.24, 2.45) is 11.7 Å². The van der Waals surface area contributed by atoms with E-state index >= 15 is 0 Å². The van der Waals surface area contributed by atoms with Gasteiger partial charge < -0.3 is 16.4 Å². The molecule has 1 fully saturated rings. The molecule has 1 aromatic heterocycles. The van der Waals surface area contributed by atoms with E-state index in [1.54, 1.807) is 36.7 Å². The van der Waals surface area contributed by atoms with Crippen LogP contribution < -0.4 is 16.4 Å². The van der Waals surface area contributed by atoms with Crippen molar-refractivity contribution < 1.29 is 9.59 Å². The molecule has 0 radical (unpaired) electrons. The fourth-order valence-electron chi connectivity index (χ4n) is 3.36. The Balaban J connectivity index is 1.51. The van der Waals surface area contributed by atoms with E-state index in [0.717, 1.165) is 31.2 Å². The van der Waals surface area contributed by atoms with E-state index in [4.69, 9.17) is 5.73 Å². The molecule has 0 bridgehead atoms. The van der Waals surface area contributed by atoms with E-state index in [9.17, 15) is 9.59 Å². The van der Waals surface area contributed by atoms with Crippen molar-refractivity contribution in [2.75, 3.05) is 11.9 Å². The Morgan fingerprint density at radius 2 is 1.70 bits per heavy atom. The Morgan fingerprint density at radius 1 is 1.04 bits per heavy atom. The Morgan fingerprint density at radius 3 is 2.37 bits per heavy atom. The molecule has 1 heterocycles. The summed E-state index contributed by atoms with van der Waals surface area (Å²) in [4.78, 5) is 28.4. The van der Waals surface area contributed by atoms with Crippen molar-refractivity contribution in [2.45, 2.75) is 38.1 Å². The van der Waals surface area contributed by atoms with Gasteiger partial charge in [0.1, 0.15) is 0 Å². The number of amides is 2. The molecule has 1 atom stereocenters. The highest BCUT2D eigenvalue weighted by molar-refractivity contribution is 6.04. The second-order valence-corrected chi connectivity index (χ2v) is 7.00. The summed E-state index contributed by atoms with van der Waals surface area (Å²) in [7, 11) is 0. The molecule has 0 aliphatic heterocycles. The third-order valence-electron chi connectivity index (χ3n) is 5.01. The number of carbonyl (C=O) groups is 2. The molecule has 27 heavy (non-hydrogen) atoms. The normalized spacial score (nSPS) is 15.7. The molecule has 0 spiro atoms. The summed E-state index contributed by atoms with van der Waals surface area (Å²) in [6.07, 6.45) is 8.69. The van der Waals surface area contributed by atoms with Crippen LogP contribution in [0, 0.1) is 5.92 Å². The van der Waals surface area contributed by atoms with Crippen LogP contribution in [0.25, 0.3) is 0 Å². The molecule has 4 N–H and O–H groups in total. The highest BCUT2D eigenvalue weighted by Crippen LogP contribution is 2.23. The number of nitrogens with two attached hydrogens (primary N) is 1. The Kier molecular flexibility index (Phi) is 6.54. The molecule has 142 valence electrons. The first kappa shape index (κ1) is 19.0. The van der Waals surface area contributed by atoms with Gasteiger partial charge in [-0.3, -0.25) is 14.6 Å². The van der Waals surface area contributed by atoms with E-state index in [1.807, 2.05) is 12.1 Å². The highest BCUT2D eigenvalue weighted by atomic mass is 16.2. The van der Waals surface area contributed by atoms with Crippen LogP contribution in [0.3, 0.4) is 0 Å². The molecular weight excluding hydrogens is 340 g/mol. The Labute approximate surface area is 159 Å². The fourth-order valence-corrected chi connectivity index (χ4v) is 3.36. The summed E-state index contributed by atoms with van der Waals surface area (Å²) in [5, 5.41) is 5.79. The van der Waals surface area contributed by atoms with Crippen LogP contribution in [-0.2, 0) is 4.79 Å². The molecular formula is C21H26N4O2. The van der Waals surface area contributed by atoms with Crippen LogP contribution in [0.1, 0.15) is 54.1 Å². The van der Waals surface area contributed by atoms with E-state index < -0.39 is 0 Å². The lowest BCUT2D eigenvalue weighted by molar-refractivity contribution is -0.126. The summed E-state index contributed by atoms with van der Waals surface area (Å²) in [6, 6.07) is 10.3. The lowest BCUT2D eigenvalue weighted by atomic mass is 9.88. The van der Waals surface area contributed by atoms with Gasteiger partial charge in [0.15, 0.2) is 0 Å². The maximum atomic E-state index is 12.3. The van der Waals surface area contributed by atoms with Crippen LogP contribution in [0.2, 0.25) is 0 Å². The number of nitrogens with one attached hydrogen (secondary N) is 2. The monoisotopic (exact) mass is 366 g/mol. The van der Waals surface area contributed by atoms with E-state index in [0.29, 0.717) is 17.8 Å². The lowest BCUT2D eigenvalue weighted by Crippen LogP contribution is -2.36. The molecule has 1 aliphatic rings. The maximum absolute atomic E-state index is 12.3. The van der Waals surface area contributed by atoms with Gasteiger partial charge >= 0.3 is 0 Å². The second-order valence-electron chi connectivity index (χ2n) is 7.00. The zero-order valence-corrected chi connectivity index (χ0v) is 15.4. The first-order valence-electron chi connectivity index (χ1n) is 9.48. The minimum atomic E-state index is -0.296. The zero-order valence-electron chi connectivity index (χ0n) is 15.4. The molecule has 0 saturated heterocycles. The quantitative estimate of drug-likeness (QED) is 0.732. The number of benzene rings is 1. The van der Waals surface area contributed by atoms with Gasteiger partial charge in [-0.1, -0.05) is 31.4 Å². The molecule has 2 aromatic rings. The van der Waals surface area contributed by atoms with Crippen molar-refractivity contribution in [3.8, 4) is 0 Å². The average Bonchev–Trinajstić information content (AvgIpc) is 2.73. The minimum Gasteiger partial charge on any atom is -0.354 e. The zero-order chi connectivity index (χ0) is 19.1. The average molecular weight is 366 g/mol. The summed E-state index contributed by atoms with van der Waals surface area (Å²) < 4.78 is 0. The first-order valence-corrected chi connectivity index (χ1v) is 9.48. The minimum absolute atomic E-state index is 0.110. The van der Waals surface area contributed by atoms with Gasteiger partial charge in [0.05, 0.1) is 0 Å². The number of aromatic nitrogens is 1. The van der Waals surface area contributed by atoms with Gasteiger partial charge in [0.25, 0.3) is 5.91 Å². The number of rotatable bonds is 6. The fraction of sp³-hybridized carbons (Fsp3) is 0.381. The number of nitrogens with zero attached hydrogens (tertiary/aromatic N) is 1. The largest absolute Gasteiger partial charge is 0.354 e. The smallest absolute Gasteiger partial charge is 0.255 e. The van der Waals surface area contributed by atoms with Crippen LogP contribution in [0.5, 0.6) is 0 Å². The number of anilines is 1. The van der Waals surface area contributed by atoms with Crippen LogP contribution in [-0.4, -0.2) is 23.3 Å². The van der Waals surface area contributed by atoms with Gasteiger partial charge in [0, 0.05) is 42.1 Å². The standard InChI is InChI=1S/C21H26N4O2/c22-19(14-24-20(26)16-4-2-1-3-5-16)15-6-8-17(9-7-15)21(27)25-18-10-12-23-13-11-18/h6-13,16,19H,1-5,14,22H2,(H,24,26)(H,23,25,27). The van der Waals surface area contributed by atoms with Gasteiger partial charge in [-0.05, 0) is 42.7 Å². The van der Waals surface area contributed by atoms with Crippen LogP contribution >= 0.6 is 0 Å². The van der Waals surface area contributed by atoms with Gasteiger partial charge in [-0.2, -0.15) is 0 Å². The Bertz CT molecular complexity index is 756. The molecule has 6 nitrogen and oxygen atoms in total. The van der Waals surface area contributed by atoms with Crippen molar-refractivity contribution >= 4 is 17.5 Å². The molecule has 1 aromatic carbocycles. The molecule has 3 rings (SSSR count). The third-order valence-corrected chi connectivity index (χ3v) is 5.01. The van der Waals surface area contributed by atoms with Gasteiger partial charge in [-0.25, -0.2) is 0 Å². The predicted octanol–water partition coefficient (Wildman–Crippen LogP) is 3.03. The molecule has 1 unspecified atom stereocenters. The SMILES string of the molecule is NC(CNC(=O)C1CCCCC1)c1ccc(C(=O)Nc2ccncc2)cc1. The topological polar surface area (TPSA) is 97.1 Å². The summed E-state index contributed by atoms with van der Waals surface area (Å²) in [6.45, 7) is 0.401. The first-order chi connectivity index (χ1) is 13.1. The summed E-state index contributed by atoms with van der Waals surface area (Å²) in [5.41, 5.74) is 8.33. The molecule has 6 heteroatoms. The van der Waals surface area contributed by atoms with Crippen LogP contribution in [0.4, 0.5) is 5.69 Å². The van der Waals surface area contributed by atoms with E-state index in [2.05, 4.69) is 15.6 Å². The third kappa shape index (κ3) is 5.37. The van der Waals surface area contributed by atoms with Crippen molar-refractivity contribution in [1.82, 2.24) is 10.3 Å². The van der Waals surface area contributed by atoms with Gasteiger partial charge in [-0.15, -0.1) is 0 Å².